The summed E-state index contributed by atoms with van der Waals surface area (Å²) in [5, 5.41) is 0.718. The molecule has 0 amide bonds. The molecule has 4 rings (SSSR count). The van der Waals surface area contributed by atoms with E-state index in [0.717, 1.165) is 42.0 Å². The number of ether oxygens (including phenoxy) is 1. The van der Waals surface area contributed by atoms with Gasteiger partial charge in [-0.15, -0.1) is 0 Å². The zero-order chi connectivity index (χ0) is 20.8. The van der Waals surface area contributed by atoms with Gasteiger partial charge in [-0.05, 0) is 54.5 Å². The number of aromatic nitrogens is 2. The third-order valence-corrected chi connectivity index (χ3v) is 6.44. The lowest BCUT2D eigenvalue weighted by Gasteiger charge is -2.33. The van der Waals surface area contributed by atoms with Crippen LogP contribution in [0.25, 0.3) is 0 Å². The number of thioether (sulfide) groups is 1. The molecule has 1 aromatic heterocycles. The van der Waals surface area contributed by atoms with E-state index < -0.39 is 0 Å². The van der Waals surface area contributed by atoms with Gasteiger partial charge in [-0.25, -0.2) is 14.4 Å². The van der Waals surface area contributed by atoms with Gasteiger partial charge in [-0.3, -0.25) is 0 Å². The predicted octanol–water partition coefficient (Wildman–Crippen LogP) is 5.38. The third-order valence-electron chi connectivity index (χ3n) is 5.51. The summed E-state index contributed by atoms with van der Waals surface area (Å²) in [7, 11) is 1.47. The fourth-order valence-electron chi connectivity index (χ4n) is 3.84. The summed E-state index contributed by atoms with van der Waals surface area (Å²) in [6, 6.07) is 17.8. The minimum absolute atomic E-state index is 0.262. The number of rotatable bonds is 7. The Labute approximate surface area is 181 Å². The highest BCUT2D eigenvalue weighted by atomic mass is 32.2. The fraction of sp³-hybridized carbons (Fsp3) is 0.333. The molecule has 1 fully saturated rings. The summed E-state index contributed by atoms with van der Waals surface area (Å²) in [4.78, 5) is 11.5. The monoisotopic (exact) mass is 423 g/mol. The Morgan fingerprint density at radius 2 is 1.87 bits per heavy atom. The molecule has 0 spiro atoms. The lowest BCUT2D eigenvalue weighted by molar-refractivity contribution is 0.386. The van der Waals surface area contributed by atoms with Crippen LogP contribution in [0.15, 0.2) is 66.0 Å². The summed E-state index contributed by atoms with van der Waals surface area (Å²) in [5.74, 6) is 2.24. The number of hydrogen-bond acceptors (Lipinski definition) is 5. The average Bonchev–Trinajstić information content (AvgIpc) is 2.79. The molecule has 156 valence electrons. The maximum Gasteiger partial charge on any atom is 0.189 e. The standard InChI is InChI=1S/C24H26FN3OS/c1-29-22-8-7-20(16-21(22)25)17-30-24-26-12-9-23(27-24)28-13-10-19(11-14-28)15-18-5-3-2-4-6-18/h2-9,12,16,19H,10-11,13-15,17H2,1H3. The second-order valence-electron chi connectivity index (χ2n) is 7.58. The quantitative estimate of drug-likeness (QED) is 0.377. The number of nitrogens with zero attached hydrogens (tertiary/aromatic N) is 3. The molecular weight excluding hydrogens is 397 g/mol. The van der Waals surface area contributed by atoms with E-state index in [2.05, 4.69) is 40.2 Å². The Hall–Kier alpha value is -2.60. The molecule has 1 aliphatic rings. The zero-order valence-corrected chi connectivity index (χ0v) is 17.9. The molecule has 2 aromatic carbocycles. The number of anilines is 1. The first-order valence-electron chi connectivity index (χ1n) is 10.3. The topological polar surface area (TPSA) is 38.2 Å². The average molecular weight is 424 g/mol. The Bertz CT molecular complexity index is 962. The van der Waals surface area contributed by atoms with Crippen molar-refractivity contribution in [3.05, 3.63) is 77.7 Å². The van der Waals surface area contributed by atoms with Gasteiger partial charge in [0.15, 0.2) is 16.7 Å². The largest absolute Gasteiger partial charge is 0.494 e. The zero-order valence-electron chi connectivity index (χ0n) is 17.1. The lowest BCUT2D eigenvalue weighted by Crippen LogP contribution is -2.34. The highest BCUT2D eigenvalue weighted by Gasteiger charge is 2.20. The van der Waals surface area contributed by atoms with Crippen molar-refractivity contribution in [1.82, 2.24) is 9.97 Å². The van der Waals surface area contributed by atoms with Gasteiger partial charge in [0.05, 0.1) is 7.11 Å². The molecular formula is C24H26FN3OS. The van der Waals surface area contributed by atoms with Crippen molar-refractivity contribution >= 4 is 17.6 Å². The lowest BCUT2D eigenvalue weighted by atomic mass is 9.90. The second kappa shape index (κ2) is 9.94. The highest BCUT2D eigenvalue weighted by Crippen LogP contribution is 2.27. The molecule has 0 atom stereocenters. The maximum absolute atomic E-state index is 13.9. The van der Waals surface area contributed by atoms with Gasteiger partial charge in [-0.1, -0.05) is 48.2 Å². The van der Waals surface area contributed by atoms with E-state index in [1.54, 1.807) is 6.07 Å². The minimum atomic E-state index is -0.344. The van der Waals surface area contributed by atoms with Crippen molar-refractivity contribution in [1.29, 1.82) is 0 Å². The van der Waals surface area contributed by atoms with Crippen molar-refractivity contribution in [2.24, 2.45) is 5.92 Å². The number of methoxy groups -OCH3 is 1. The Morgan fingerprint density at radius 3 is 2.60 bits per heavy atom. The summed E-state index contributed by atoms with van der Waals surface area (Å²) < 4.78 is 18.9. The van der Waals surface area contributed by atoms with Crippen LogP contribution in [-0.2, 0) is 12.2 Å². The maximum atomic E-state index is 13.9. The van der Waals surface area contributed by atoms with Gasteiger partial charge >= 0.3 is 0 Å². The normalized spacial score (nSPS) is 14.7. The molecule has 0 aliphatic carbocycles. The van der Waals surface area contributed by atoms with E-state index >= 15 is 0 Å². The fourth-order valence-corrected chi connectivity index (χ4v) is 4.61. The number of piperidine rings is 1. The van der Waals surface area contributed by atoms with E-state index in [0.29, 0.717) is 5.75 Å². The van der Waals surface area contributed by atoms with E-state index in [9.17, 15) is 4.39 Å². The van der Waals surface area contributed by atoms with Gasteiger partial charge in [-0.2, -0.15) is 0 Å². The summed E-state index contributed by atoms with van der Waals surface area (Å²) in [6.07, 6.45) is 5.31. The van der Waals surface area contributed by atoms with Crippen molar-refractivity contribution in [3.8, 4) is 5.75 Å². The van der Waals surface area contributed by atoms with Crippen LogP contribution >= 0.6 is 11.8 Å². The molecule has 0 saturated carbocycles. The molecule has 4 nitrogen and oxygen atoms in total. The summed E-state index contributed by atoms with van der Waals surface area (Å²) in [5.41, 5.74) is 2.31. The van der Waals surface area contributed by atoms with Gasteiger partial charge in [0.1, 0.15) is 5.82 Å². The van der Waals surface area contributed by atoms with Crippen LogP contribution in [0.1, 0.15) is 24.0 Å². The van der Waals surface area contributed by atoms with E-state index in [-0.39, 0.29) is 11.6 Å². The van der Waals surface area contributed by atoms with Crippen LogP contribution in [0.5, 0.6) is 5.75 Å². The first-order valence-corrected chi connectivity index (χ1v) is 11.3. The molecule has 6 heteroatoms. The molecule has 3 aromatic rings. The van der Waals surface area contributed by atoms with Crippen LogP contribution in [0.2, 0.25) is 0 Å². The second-order valence-corrected chi connectivity index (χ2v) is 8.52. The molecule has 0 N–H and O–H groups in total. The third kappa shape index (κ3) is 5.30. The predicted molar refractivity (Wildman–Crippen MR) is 120 cm³/mol. The van der Waals surface area contributed by atoms with Gasteiger partial charge in [0.25, 0.3) is 0 Å². The molecule has 2 heterocycles. The molecule has 30 heavy (non-hydrogen) atoms. The minimum Gasteiger partial charge on any atom is -0.494 e. The van der Waals surface area contributed by atoms with E-state index in [1.165, 1.54) is 43.3 Å². The Balaban J connectivity index is 1.32. The highest BCUT2D eigenvalue weighted by molar-refractivity contribution is 7.98. The summed E-state index contributed by atoms with van der Waals surface area (Å²) in [6.45, 7) is 2.03. The summed E-state index contributed by atoms with van der Waals surface area (Å²) >= 11 is 1.52. The smallest absolute Gasteiger partial charge is 0.189 e. The van der Waals surface area contributed by atoms with E-state index in [1.807, 2.05) is 18.3 Å². The Kier molecular flexibility index (Phi) is 6.84. The van der Waals surface area contributed by atoms with Crippen molar-refractivity contribution in [3.63, 3.8) is 0 Å². The van der Waals surface area contributed by atoms with Crippen molar-refractivity contribution in [2.75, 3.05) is 25.1 Å². The first kappa shape index (κ1) is 20.7. The molecule has 0 radical (unpaired) electrons. The Morgan fingerprint density at radius 1 is 1.07 bits per heavy atom. The van der Waals surface area contributed by atoms with Gasteiger partial charge < -0.3 is 9.64 Å². The van der Waals surface area contributed by atoms with Crippen LogP contribution in [0.4, 0.5) is 10.2 Å². The van der Waals surface area contributed by atoms with Gasteiger partial charge in [0.2, 0.25) is 0 Å². The number of halogens is 1. The first-order chi connectivity index (χ1) is 14.7. The van der Waals surface area contributed by atoms with Crippen LogP contribution < -0.4 is 9.64 Å². The van der Waals surface area contributed by atoms with Gasteiger partial charge in [0, 0.05) is 25.0 Å². The molecule has 0 bridgehead atoms. The van der Waals surface area contributed by atoms with Crippen LogP contribution in [-0.4, -0.2) is 30.2 Å². The number of benzene rings is 2. The van der Waals surface area contributed by atoms with Crippen LogP contribution in [0, 0.1) is 11.7 Å². The van der Waals surface area contributed by atoms with Crippen LogP contribution in [0.3, 0.4) is 0 Å². The molecule has 1 saturated heterocycles. The SMILES string of the molecule is COc1ccc(CSc2nccc(N3CCC(Cc4ccccc4)CC3)n2)cc1F. The molecule has 1 aliphatic heterocycles. The van der Waals surface area contributed by atoms with E-state index in [4.69, 9.17) is 9.72 Å². The van der Waals surface area contributed by atoms with Crippen molar-refractivity contribution < 1.29 is 9.13 Å². The molecule has 0 unspecified atom stereocenters. The van der Waals surface area contributed by atoms with Crippen molar-refractivity contribution in [2.45, 2.75) is 30.2 Å². The number of hydrogen-bond donors (Lipinski definition) is 0.